The number of imidazole rings is 1. The van der Waals surface area contributed by atoms with Crippen LogP contribution in [0.4, 0.5) is 5.69 Å². The number of nitrogens with zero attached hydrogens (tertiary/aromatic N) is 3. The Kier molecular flexibility index (Phi) is 2.02. The van der Waals surface area contributed by atoms with Gasteiger partial charge in [-0.2, -0.15) is 0 Å². The number of nitrogens with one attached hydrogen (secondary N) is 1. The van der Waals surface area contributed by atoms with Gasteiger partial charge in [0.1, 0.15) is 11.2 Å². The lowest BCUT2D eigenvalue weighted by Gasteiger charge is -2.02. The molecule has 3 aromatic heterocycles. The van der Waals surface area contributed by atoms with Crippen LogP contribution in [0, 0.1) is 13.8 Å². The predicted octanol–water partition coefficient (Wildman–Crippen LogP) is 1.78. The second kappa shape index (κ2) is 3.43. The first-order valence-electron chi connectivity index (χ1n) is 5.42. The number of aryl methyl sites for hydroxylation is 2. The number of aromatic nitrogens is 3. The van der Waals surface area contributed by atoms with E-state index >= 15 is 0 Å². The van der Waals surface area contributed by atoms with Crippen LogP contribution in [-0.4, -0.2) is 14.4 Å². The van der Waals surface area contributed by atoms with Crippen molar-refractivity contribution in [2.24, 2.45) is 5.84 Å². The molecule has 3 heterocycles. The molecule has 5 nitrogen and oxygen atoms in total. The zero-order valence-electron chi connectivity index (χ0n) is 9.73. The van der Waals surface area contributed by atoms with Gasteiger partial charge in [0.2, 0.25) is 0 Å². The molecule has 0 radical (unpaired) electrons. The summed E-state index contributed by atoms with van der Waals surface area (Å²) in [7, 11) is 0. The number of nitrogen functional groups attached to an aromatic ring is 1. The molecule has 0 aromatic carbocycles. The molecule has 0 aliphatic rings. The van der Waals surface area contributed by atoms with Crippen LogP contribution < -0.4 is 11.3 Å². The molecule has 86 valence electrons. The van der Waals surface area contributed by atoms with Crippen LogP contribution in [0.25, 0.3) is 16.8 Å². The third-order valence-corrected chi connectivity index (χ3v) is 2.80. The maximum atomic E-state index is 5.51. The smallest absolute Gasteiger partial charge is 0.166 e. The number of hydrogen-bond acceptors (Lipinski definition) is 4. The largest absolute Gasteiger partial charge is 0.322 e. The van der Waals surface area contributed by atoms with Crippen molar-refractivity contribution in [3.8, 4) is 0 Å². The average molecular weight is 227 g/mol. The van der Waals surface area contributed by atoms with Gasteiger partial charge in [-0.15, -0.1) is 0 Å². The Labute approximate surface area is 98.3 Å². The van der Waals surface area contributed by atoms with E-state index in [1.165, 1.54) is 5.56 Å². The molecule has 0 spiro atoms. The molecule has 0 saturated carbocycles. The van der Waals surface area contributed by atoms with Gasteiger partial charge >= 0.3 is 0 Å². The van der Waals surface area contributed by atoms with E-state index in [0.717, 1.165) is 28.2 Å². The normalized spacial score (nSPS) is 11.2. The van der Waals surface area contributed by atoms with Crippen molar-refractivity contribution in [2.45, 2.75) is 13.8 Å². The van der Waals surface area contributed by atoms with E-state index < -0.39 is 0 Å². The van der Waals surface area contributed by atoms with Crippen molar-refractivity contribution in [3.63, 3.8) is 0 Å². The Balaban J connectivity index is 2.50. The molecule has 5 heteroatoms. The van der Waals surface area contributed by atoms with Gasteiger partial charge in [-0.05, 0) is 37.6 Å². The maximum Gasteiger partial charge on any atom is 0.166 e. The molecule has 0 bridgehead atoms. The summed E-state index contributed by atoms with van der Waals surface area (Å²) >= 11 is 0. The summed E-state index contributed by atoms with van der Waals surface area (Å²) in [6.07, 6.45) is 1.98. The third kappa shape index (κ3) is 1.43. The van der Waals surface area contributed by atoms with Crippen LogP contribution in [0.5, 0.6) is 0 Å². The van der Waals surface area contributed by atoms with Crippen molar-refractivity contribution in [2.75, 3.05) is 5.43 Å². The topological polar surface area (TPSA) is 68.2 Å². The van der Waals surface area contributed by atoms with Crippen LogP contribution in [0.3, 0.4) is 0 Å². The van der Waals surface area contributed by atoms with Crippen molar-refractivity contribution in [3.05, 3.63) is 35.7 Å². The number of hydrazine groups is 1. The monoisotopic (exact) mass is 227 g/mol. The summed E-state index contributed by atoms with van der Waals surface area (Å²) in [5, 5.41) is 0. The number of fused-ring (bicyclic) bond motifs is 3. The van der Waals surface area contributed by atoms with Gasteiger partial charge in [-0.1, -0.05) is 0 Å². The highest BCUT2D eigenvalue weighted by Gasteiger charge is 2.10. The molecular formula is C12H13N5. The zero-order chi connectivity index (χ0) is 12.0. The Morgan fingerprint density at radius 3 is 2.82 bits per heavy atom. The lowest BCUT2D eigenvalue weighted by Crippen LogP contribution is -2.08. The van der Waals surface area contributed by atoms with E-state index in [-0.39, 0.29) is 0 Å². The molecule has 0 unspecified atom stereocenters. The molecule has 17 heavy (non-hydrogen) atoms. The first-order chi connectivity index (χ1) is 8.19. The molecule has 0 fully saturated rings. The molecule has 0 saturated heterocycles. The number of nitrogens with two attached hydrogens (primary N) is 1. The fourth-order valence-corrected chi connectivity index (χ4v) is 2.01. The van der Waals surface area contributed by atoms with Gasteiger partial charge in [-0.3, -0.25) is 10.2 Å². The Hall–Kier alpha value is -2.14. The van der Waals surface area contributed by atoms with Gasteiger partial charge in [0.25, 0.3) is 0 Å². The summed E-state index contributed by atoms with van der Waals surface area (Å²) in [6.45, 7) is 3.98. The Morgan fingerprint density at radius 1 is 1.24 bits per heavy atom. The fraction of sp³-hybridized carbons (Fsp3) is 0.167. The molecule has 3 aromatic rings. The highest BCUT2D eigenvalue weighted by molar-refractivity contribution is 5.88. The van der Waals surface area contributed by atoms with Crippen molar-refractivity contribution in [1.82, 2.24) is 14.4 Å². The zero-order valence-corrected chi connectivity index (χ0v) is 9.73. The van der Waals surface area contributed by atoms with E-state index in [1.54, 1.807) is 0 Å². The van der Waals surface area contributed by atoms with E-state index in [2.05, 4.69) is 15.4 Å². The Morgan fingerprint density at radius 2 is 2.06 bits per heavy atom. The summed E-state index contributed by atoms with van der Waals surface area (Å²) in [4.78, 5) is 9.05. The third-order valence-electron chi connectivity index (χ3n) is 2.80. The van der Waals surface area contributed by atoms with Gasteiger partial charge < -0.3 is 5.43 Å². The van der Waals surface area contributed by atoms with Gasteiger partial charge in [0.05, 0.1) is 5.69 Å². The molecule has 0 aliphatic heterocycles. The highest BCUT2D eigenvalue weighted by atomic mass is 15.2. The summed E-state index contributed by atoms with van der Waals surface area (Å²) < 4.78 is 1.97. The average Bonchev–Trinajstić information content (AvgIpc) is 2.65. The first kappa shape index (κ1) is 10.0. The van der Waals surface area contributed by atoms with Crippen LogP contribution in [0.15, 0.2) is 24.4 Å². The fourth-order valence-electron chi connectivity index (χ4n) is 2.01. The minimum atomic E-state index is 0.795. The van der Waals surface area contributed by atoms with E-state index in [1.807, 2.05) is 42.6 Å². The highest BCUT2D eigenvalue weighted by Crippen LogP contribution is 2.23. The minimum absolute atomic E-state index is 0.795. The quantitative estimate of drug-likeness (QED) is 0.491. The van der Waals surface area contributed by atoms with Crippen LogP contribution in [0.1, 0.15) is 11.3 Å². The molecule has 0 amide bonds. The van der Waals surface area contributed by atoms with Crippen LogP contribution in [-0.2, 0) is 0 Å². The summed E-state index contributed by atoms with van der Waals surface area (Å²) in [5.41, 5.74) is 8.06. The lowest BCUT2D eigenvalue weighted by molar-refractivity contribution is 1.14. The summed E-state index contributed by atoms with van der Waals surface area (Å²) in [6, 6.07) is 5.95. The van der Waals surface area contributed by atoms with Crippen molar-refractivity contribution >= 4 is 22.5 Å². The minimum Gasteiger partial charge on any atom is -0.322 e. The maximum absolute atomic E-state index is 5.51. The van der Waals surface area contributed by atoms with Crippen molar-refractivity contribution < 1.29 is 0 Å². The number of rotatable bonds is 1. The predicted molar refractivity (Wildman–Crippen MR) is 67.8 cm³/mol. The Bertz CT molecular complexity index is 714. The number of anilines is 1. The van der Waals surface area contributed by atoms with Crippen LogP contribution >= 0.6 is 0 Å². The molecular weight excluding hydrogens is 214 g/mol. The van der Waals surface area contributed by atoms with E-state index in [0.29, 0.717) is 0 Å². The van der Waals surface area contributed by atoms with Crippen molar-refractivity contribution in [1.29, 1.82) is 0 Å². The molecule has 0 aliphatic carbocycles. The molecule has 3 rings (SSSR count). The number of hydrogen-bond donors (Lipinski definition) is 2. The van der Waals surface area contributed by atoms with Crippen LogP contribution in [0.2, 0.25) is 0 Å². The standard InChI is InChI=1S/C12H13N5/c1-7-3-4-17-10(5-7)15-11-9(16-13)6-8(2)14-12(11)17/h3-6H,13H2,1-2H3,(H,14,16). The lowest BCUT2D eigenvalue weighted by atomic mass is 10.3. The number of pyridine rings is 2. The van der Waals surface area contributed by atoms with Gasteiger partial charge in [0.15, 0.2) is 5.65 Å². The second-order valence-electron chi connectivity index (χ2n) is 4.17. The molecule has 0 atom stereocenters. The van der Waals surface area contributed by atoms with Gasteiger partial charge in [0, 0.05) is 11.9 Å². The van der Waals surface area contributed by atoms with E-state index in [4.69, 9.17) is 5.84 Å². The molecule has 3 N–H and O–H groups in total. The van der Waals surface area contributed by atoms with Gasteiger partial charge in [-0.25, -0.2) is 9.97 Å². The summed E-state index contributed by atoms with van der Waals surface area (Å²) in [5.74, 6) is 5.51. The second-order valence-corrected chi connectivity index (χ2v) is 4.17. The first-order valence-corrected chi connectivity index (χ1v) is 5.42. The van der Waals surface area contributed by atoms with E-state index in [9.17, 15) is 0 Å². The SMILES string of the molecule is Cc1ccn2c(c1)nc1c(NN)cc(C)nc12.